The van der Waals surface area contributed by atoms with Gasteiger partial charge >= 0.3 is 0 Å². The summed E-state index contributed by atoms with van der Waals surface area (Å²) in [6.45, 7) is 6.44. The van der Waals surface area contributed by atoms with Crippen molar-refractivity contribution >= 4 is 5.96 Å². The number of halogens is 2. The van der Waals surface area contributed by atoms with Crippen molar-refractivity contribution in [2.45, 2.75) is 50.6 Å². The van der Waals surface area contributed by atoms with Crippen molar-refractivity contribution < 1.29 is 13.5 Å². The zero-order chi connectivity index (χ0) is 19.0. The fourth-order valence-electron chi connectivity index (χ4n) is 3.69. The number of ether oxygens (including phenoxy) is 1. The molecule has 26 heavy (non-hydrogen) atoms. The van der Waals surface area contributed by atoms with E-state index in [1.165, 1.54) is 0 Å². The maximum absolute atomic E-state index is 12.5. The Balaban J connectivity index is 1.90. The van der Waals surface area contributed by atoms with Gasteiger partial charge in [0.25, 0.3) is 6.43 Å². The van der Waals surface area contributed by atoms with Gasteiger partial charge in [-0.25, -0.2) is 8.78 Å². The SMILES string of the molecule is CCNC(=NCC1(N(C)C)CCOCC1)NC1CCN(CC(F)F)CC1. The van der Waals surface area contributed by atoms with Crippen LogP contribution in [0.1, 0.15) is 32.6 Å². The summed E-state index contributed by atoms with van der Waals surface area (Å²) >= 11 is 0. The normalized spacial score (nSPS) is 22.8. The molecule has 2 aliphatic rings. The van der Waals surface area contributed by atoms with E-state index in [-0.39, 0.29) is 18.1 Å². The number of piperidine rings is 1. The summed E-state index contributed by atoms with van der Waals surface area (Å²) in [5, 5.41) is 6.83. The minimum atomic E-state index is -2.25. The molecule has 8 heteroatoms. The molecule has 0 saturated carbocycles. The fourth-order valence-corrected chi connectivity index (χ4v) is 3.69. The molecule has 2 heterocycles. The van der Waals surface area contributed by atoms with Crippen molar-refractivity contribution in [3.8, 4) is 0 Å². The molecule has 0 amide bonds. The maximum atomic E-state index is 12.5. The van der Waals surface area contributed by atoms with Crippen molar-refractivity contribution in [1.82, 2.24) is 20.4 Å². The zero-order valence-corrected chi connectivity index (χ0v) is 16.4. The lowest BCUT2D eigenvalue weighted by molar-refractivity contribution is -0.00256. The molecule has 0 aromatic heterocycles. The molecule has 6 nitrogen and oxygen atoms in total. The van der Waals surface area contributed by atoms with Crippen molar-refractivity contribution in [2.24, 2.45) is 4.99 Å². The lowest BCUT2D eigenvalue weighted by atomic mass is 9.89. The number of likely N-dealkylation sites (tertiary alicyclic amines) is 1. The quantitative estimate of drug-likeness (QED) is 0.520. The van der Waals surface area contributed by atoms with Crippen molar-refractivity contribution in [2.75, 3.05) is 60.0 Å². The molecular formula is C18H35F2N5O. The van der Waals surface area contributed by atoms with Crippen LogP contribution in [-0.4, -0.2) is 93.8 Å². The van der Waals surface area contributed by atoms with Gasteiger partial charge in [-0.1, -0.05) is 0 Å². The van der Waals surface area contributed by atoms with Gasteiger partial charge in [-0.3, -0.25) is 9.89 Å². The third-order valence-corrected chi connectivity index (χ3v) is 5.57. The molecule has 2 fully saturated rings. The highest BCUT2D eigenvalue weighted by molar-refractivity contribution is 5.80. The fraction of sp³-hybridized carbons (Fsp3) is 0.944. The summed E-state index contributed by atoms with van der Waals surface area (Å²) < 4.78 is 30.5. The second-order valence-electron chi connectivity index (χ2n) is 7.54. The molecule has 0 spiro atoms. The first-order valence-corrected chi connectivity index (χ1v) is 9.76. The summed E-state index contributed by atoms with van der Waals surface area (Å²) in [6, 6.07) is 0.284. The topological polar surface area (TPSA) is 52.1 Å². The Morgan fingerprint density at radius 3 is 2.46 bits per heavy atom. The highest BCUT2D eigenvalue weighted by Gasteiger charge is 2.34. The van der Waals surface area contributed by atoms with Gasteiger partial charge in [-0.05, 0) is 46.7 Å². The van der Waals surface area contributed by atoms with Crippen LogP contribution in [-0.2, 0) is 4.74 Å². The van der Waals surface area contributed by atoms with Crippen molar-refractivity contribution in [1.29, 1.82) is 0 Å². The van der Waals surface area contributed by atoms with Gasteiger partial charge in [0.2, 0.25) is 0 Å². The summed E-state index contributed by atoms with van der Waals surface area (Å²) in [5.41, 5.74) is 0.0429. The van der Waals surface area contributed by atoms with Crippen LogP contribution in [0.25, 0.3) is 0 Å². The Hall–Kier alpha value is -0.990. The first kappa shape index (κ1) is 21.3. The number of hydrogen-bond acceptors (Lipinski definition) is 4. The van der Waals surface area contributed by atoms with Gasteiger partial charge in [0.15, 0.2) is 5.96 Å². The summed E-state index contributed by atoms with van der Waals surface area (Å²) in [6.07, 6.45) is 1.44. The van der Waals surface area contributed by atoms with Crippen LogP contribution in [0.3, 0.4) is 0 Å². The smallest absolute Gasteiger partial charge is 0.251 e. The molecular weight excluding hydrogens is 340 g/mol. The van der Waals surface area contributed by atoms with Crippen LogP contribution in [0, 0.1) is 0 Å². The van der Waals surface area contributed by atoms with Crippen LogP contribution >= 0.6 is 0 Å². The van der Waals surface area contributed by atoms with Gasteiger partial charge in [-0.15, -0.1) is 0 Å². The molecule has 0 aliphatic carbocycles. The Morgan fingerprint density at radius 1 is 1.27 bits per heavy atom. The number of alkyl halides is 2. The number of rotatable bonds is 7. The molecule has 0 atom stereocenters. The highest BCUT2D eigenvalue weighted by Crippen LogP contribution is 2.26. The summed E-state index contributed by atoms with van der Waals surface area (Å²) in [4.78, 5) is 8.97. The number of guanidine groups is 1. The van der Waals surface area contributed by atoms with Crippen LogP contribution in [0.2, 0.25) is 0 Å². The molecule has 2 aliphatic heterocycles. The number of hydrogen-bond donors (Lipinski definition) is 2. The zero-order valence-electron chi connectivity index (χ0n) is 16.4. The van der Waals surface area contributed by atoms with Crippen molar-refractivity contribution in [3.63, 3.8) is 0 Å². The number of aliphatic imine (C=N–C) groups is 1. The lowest BCUT2D eigenvalue weighted by Gasteiger charge is -2.42. The van der Waals surface area contributed by atoms with E-state index in [4.69, 9.17) is 9.73 Å². The Morgan fingerprint density at radius 2 is 1.92 bits per heavy atom. The van der Waals surface area contributed by atoms with E-state index < -0.39 is 6.43 Å². The third-order valence-electron chi connectivity index (χ3n) is 5.57. The van der Waals surface area contributed by atoms with E-state index in [1.807, 2.05) is 4.90 Å². The predicted octanol–water partition coefficient (Wildman–Crippen LogP) is 1.38. The minimum absolute atomic E-state index is 0.0429. The average molecular weight is 376 g/mol. The van der Waals surface area contributed by atoms with Crippen LogP contribution in [0.5, 0.6) is 0 Å². The molecule has 0 unspecified atom stereocenters. The van der Waals surface area contributed by atoms with E-state index >= 15 is 0 Å². The monoisotopic (exact) mass is 375 g/mol. The Labute approximate surface area is 156 Å². The van der Waals surface area contributed by atoms with E-state index in [2.05, 4.69) is 36.6 Å². The molecule has 0 aromatic rings. The third kappa shape index (κ3) is 6.32. The van der Waals surface area contributed by atoms with E-state index in [0.29, 0.717) is 13.1 Å². The number of nitrogens with one attached hydrogen (secondary N) is 2. The van der Waals surface area contributed by atoms with Gasteiger partial charge < -0.3 is 20.3 Å². The molecule has 0 aromatic carbocycles. The molecule has 2 rings (SSSR count). The first-order valence-electron chi connectivity index (χ1n) is 9.76. The van der Waals surface area contributed by atoms with Gasteiger partial charge in [0.1, 0.15) is 0 Å². The van der Waals surface area contributed by atoms with Crippen LogP contribution in [0.15, 0.2) is 4.99 Å². The molecule has 152 valence electrons. The van der Waals surface area contributed by atoms with Gasteiger partial charge in [0, 0.05) is 44.4 Å². The summed E-state index contributed by atoms with van der Waals surface area (Å²) in [5.74, 6) is 0.826. The van der Waals surface area contributed by atoms with Crippen LogP contribution < -0.4 is 10.6 Å². The Bertz CT molecular complexity index is 433. The minimum Gasteiger partial charge on any atom is -0.381 e. The predicted molar refractivity (Wildman–Crippen MR) is 101 cm³/mol. The molecule has 0 radical (unpaired) electrons. The van der Waals surface area contributed by atoms with Gasteiger partial charge in [-0.2, -0.15) is 0 Å². The molecule has 2 saturated heterocycles. The van der Waals surface area contributed by atoms with Gasteiger partial charge in [0.05, 0.1) is 13.1 Å². The number of likely N-dealkylation sites (N-methyl/N-ethyl adjacent to an activating group) is 1. The second kappa shape index (κ2) is 10.4. The van der Waals surface area contributed by atoms with Crippen LogP contribution in [0.4, 0.5) is 8.78 Å². The van der Waals surface area contributed by atoms with E-state index in [0.717, 1.165) is 57.9 Å². The van der Waals surface area contributed by atoms with Crippen molar-refractivity contribution in [3.05, 3.63) is 0 Å². The largest absolute Gasteiger partial charge is 0.381 e. The second-order valence-corrected chi connectivity index (χ2v) is 7.54. The van der Waals surface area contributed by atoms with E-state index in [9.17, 15) is 8.78 Å². The maximum Gasteiger partial charge on any atom is 0.251 e. The number of nitrogens with zero attached hydrogens (tertiary/aromatic N) is 3. The Kier molecular flexibility index (Phi) is 8.50. The molecule has 0 bridgehead atoms. The van der Waals surface area contributed by atoms with E-state index in [1.54, 1.807) is 0 Å². The summed E-state index contributed by atoms with van der Waals surface area (Å²) in [7, 11) is 4.22. The standard InChI is InChI=1S/C18H35F2N5O/c1-4-21-17(22-14-18(24(2)3)7-11-26-12-8-18)23-15-5-9-25(10-6-15)13-16(19)20/h15-16H,4-14H2,1-3H3,(H2,21,22,23). The highest BCUT2D eigenvalue weighted by atomic mass is 19.3. The lowest BCUT2D eigenvalue weighted by Crippen LogP contribution is -2.53. The molecule has 2 N–H and O–H groups in total. The average Bonchev–Trinajstić information content (AvgIpc) is 2.62. The first-order chi connectivity index (χ1) is 12.4.